The van der Waals surface area contributed by atoms with E-state index in [4.69, 9.17) is 10.5 Å². The van der Waals surface area contributed by atoms with Crippen molar-refractivity contribution in [1.29, 1.82) is 0 Å². The van der Waals surface area contributed by atoms with E-state index in [1.54, 1.807) is 0 Å². The first-order chi connectivity index (χ1) is 14.6. The lowest BCUT2D eigenvalue weighted by molar-refractivity contribution is 0.0982. The van der Waals surface area contributed by atoms with Gasteiger partial charge in [-0.25, -0.2) is 0 Å². The van der Waals surface area contributed by atoms with Crippen LogP contribution in [0.1, 0.15) is 26.7 Å². The normalized spacial score (nSPS) is 19.4. The molecule has 0 unspecified atom stereocenters. The largest absolute Gasteiger partial charge is 0.492 e. The fourth-order valence-corrected chi connectivity index (χ4v) is 4.69. The second kappa shape index (κ2) is 9.27. The molecular weight excluding hydrogens is 376 g/mol. The molecular formula is C23H36N6O. The van der Waals surface area contributed by atoms with Gasteiger partial charge in [-0.15, -0.1) is 0 Å². The zero-order chi connectivity index (χ0) is 21.1. The maximum atomic E-state index is 6.33. The molecule has 2 N–H and O–H groups in total. The molecule has 1 aromatic heterocycles. The Hall–Kier alpha value is -2.25. The molecule has 0 radical (unpaired) electrons. The van der Waals surface area contributed by atoms with E-state index in [2.05, 4.69) is 52.1 Å². The third-order valence-electron chi connectivity index (χ3n) is 6.56. The van der Waals surface area contributed by atoms with Crippen LogP contribution in [0.25, 0.3) is 11.1 Å². The summed E-state index contributed by atoms with van der Waals surface area (Å²) in [6, 6.07) is 4.89. The summed E-state index contributed by atoms with van der Waals surface area (Å²) in [6.07, 6.45) is 6.45. The van der Waals surface area contributed by atoms with Crippen LogP contribution in [-0.4, -0.2) is 78.5 Å². The smallest absolute Gasteiger partial charge is 0.144 e. The maximum absolute atomic E-state index is 6.33. The van der Waals surface area contributed by atoms with Crippen LogP contribution in [0.5, 0.6) is 5.75 Å². The molecule has 0 amide bonds. The number of piperazine rings is 1. The van der Waals surface area contributed by atoms with Gasteiger partial charge in [0.15, 0.2) is 0 Å². The number of benzene rings is 1. The van der Waals surface area contributed by atoms with E-state index in [1.807, 2.05) is 17.8 Å². The third-order valence-corrected chi connectivity index (χ3v) is 6.56. The summed E-state index contributed by atoms with van der Waals surface area (Å²) in [5.41, 5.74) is 10.5. The summed E-state index contributed by atoms with van der Waals surface area (Å²) in [4.78, 5) is 7.63. The van der Waals surface area contributed by atoms with Gasteiger partial charge >= 0.3 is 0 Å². The number of nitrogen functional groups attached to an aromatic ring is 1. The van der Waals surface area contributed by atoms with Gasteiger partial charge in [-0.3, -0.25) is 9.58 Å². The Bertz CT molecular complexity index is 834. The second-order valence-electron chi connectivity index (χ2n) is 8.48. The van der Waals surface area contributed by atoms with Gasteiger partial charge in [0.1, 0.15) is 5.75 Å². The number of aryl methyl sites for hydroxylation is 1. The Labute approximate surface area is 180 Å². The van der Waals surface area contributed by atoms with Crippen LogP contribution in [-0.2, 0) is 6.54 Å². The van der Waals surface area contributed by atoms with Gasteiger partial charge in [0.2, 0.25) is 0 Å². The first-order valence-corrected chi connectivity index (χ1v) is 11.4. The first-order valence-electron chi connectivity index (χ1n) is 11.4. The molecule has 7 nitrogen and oxygen atoms in total. The molecule has 2 aliphatic rings. The lowest BCUT2D eigenvalue weighted by Crippen LogP contribution is -2.52. The number of piperidine rings is 1. The predicted octanol–water partition coefficient (Wildman–Crippen LogP) is 2.77. The first kappa shape index (κ1) is 21.0. The molecule has 0 aliphatic carbocycles. The number of nitrogens with zero attached hydrogens (tertiary/aromatic N) is 5. The van der Waals surface area contributed by atoms with Crippen LogP contribution in [0, 0.1) is 0 Å². The van der Waals surface area contributed by atoms with Crippen molar-refractivity contribution in [2.24, 2.45) is 0 Å². The minimum absolute atomic E-state index is 0.613. The van der Waals surface area contributed by atoms with Crippen molar-refractivity contribution in [3.05, 3.63) is 24.5 Å². The zero-order valence-corrected chi connectivity index (χ0v) is 18.7. The average Bonchev–Trinajstić information content (AvgIpc) is 3.25. The van der Waals surface area contributed by atoms with Crippen molar-refractivity contribution in [2.75, 3.05) is 63.6 Å². The van der Waals surface area contributed by atoms with E-state index in [0.29, 0.717) is 18.3 Å². The molecule has 3 heterocycles. The van der Waals surface area contributed by atoms with Crippen LogP contribution in [0.4, 0.5) is 11.4 Å². The predicted molar refractivity (Wildman–Crippen MR) is 123 cm³/mol. The van der Waals surface area contributed by atoms with Crippen LogP contribution in [0.3, 0.4) is 0 Å². The van der Waals surface area contributed by atoms with Gasteiger partial charge in [0, 0.05) is 80.9 Å². The molecule has 7 heteroatoms. The second-order valence-corrected chi connectivity index (χ2v) is 8.48. The number of anilines is 2. The van der Waals surface area contributed by atoms with Gasteiger partial charge in [-0.2, -0.15) is 5.10 Å². The van der Waals surface area contributed by atoms with Crippen LogP contribution in [0.2, 0.25) is 0 Å². The fourth-order valence-electron chi connectivity index (χ4n) is 4.69. The summed E-state index contributed by atoms with van der Waals surface area (Å²) in [5.74, 6) is 0.778. The number of aromatic nitrogens is 2. The van der Waals surface area contributed by atoms with Crippen molar-refractivity contribution < 1.29 is 4.74 Å². The van der Waals surface area contributed by atoms with Crippen molar-refractivity contribution >= 4 is 11.4 Å². The van der Waals surface area contributed by atoms with E-state index in [0.717, 1.165) is 36.5 Å². The fraction of sp³-hybridized carbons (Fsp3) is 0.609. The Balaban J connectivity index is 1.55. The lowest BCUT2D eigenvalue weighted by atomic mass is 9.98. The van der Waals surface area contributed by atoms with E-state index in [9.17, 15) is 0 Å². The summed E-state index contributed by atoms with van der Waals surface area (Å²) < 4.78 is 7.79. The summed E-state index contributed by atoms with van der Waals surface area (Å²) in [5, 5.41) is 4.48. The quantitative estimate of drug-likeness (QED) is 0.736. The van der Waals surface area contributed by atoms with Gasteiger partial charge in [-0.1, -0.05) is 0 Å². The molecule has 0 spiro atoms. The molecule has 4 rings (SSSR count). The monoisotopic (exact) mass is 412 g/mol. The molecule has 0 atom stereocenters. The molecule has 1 aromatic carbocycles. The van der Waals surface area contributed by atoms with Crippen LogP contribution < -0.4 is 15.4 Å². The molecule has 2 aliphatic heterocycles. The number of nitrogens with two attached hydrogens (primary N) is 1. The van der Waals surface area contributed by atoms with E-state index in [1.165, 1.54) is 44.7 Å². The minimum atomic E-state index is 0.613. The number of hydrogen-bond acceptors (Lipinski definition) is 6. The van der Waals surface area contributed by atoms with Gasteiger partial charge in [0.05, 0.1) is 18.5 Å². The highest BCUT2D eigenvalue weighted by Gasteiger charge is 2.28. The summed E-state index contributed by atoms with van der Waals surface area (Å²) >= 11 is 0. The minimum Gasteiger partial charge on any atom is -0.492 e. The van der Waals surface area contributed by atoms with Crippen LogP contribution >= 0.6 is 0 Å². The highest BCUT2D eigenvalue weighted by Crippen LogP contribution is 2.39. The highest BCUT2D eigenvalue weighted by atomic mass is 16.5. The van der Waals surface area contributed by atoms with Crippen molar-refractivity contribution in [3.8, 4) is 16.9 Å². The number of likely N-dealkylation sites (N-methyl/N-ethyl adjacent to an activating group) is 1. The third kappa shape index (κ3) is 4.42. The molecule has 30 heavy (non-hydrogen) atoms. The standard InChI is InChI=1S/C23H36N6O/c1-4-29-17-18(16-25-29)20-14-21(24)23(30-5-2)15-22(20)28-8-6-19(7-9-28)27-12-10-26(3)11-13-27/h14-17,19H,4-13,24H2,1-3H3. The lowest BCUT2D eigenvalue weighted by Gasteiger charge is -2.43. The summed E-state index contributed by atoms with van der Waals surface area (Å²) in [7, 11) is 2.22. The SMILES string of the molecule is CCOc1cc(N2CCC(N3CCN(C)CC3)CC2)c(-c2cnn(CC)c2)cc1N. The molecule has 2 saturated heterocycles. The van der Waals surface area contributed by atoms with Gasteiger partial charge < -0.3 is 20.3 Å². The molecule has 2 fully saturated rings. The van der Waals surface area contributed by atoms with Crippen molar-refractivity contribution in [2.45, 2.75) is 39.3 Å². The molecule has 0 bridgehead atoms. The zero-order valence-electron chi connectivity index (χ0n) is 18.7. The van der Waals surface area contributed by atoms with Crippen LogP contribution in [0.15, 0.2) is 24.5 Å². The molecule has 164 valence electrons. The Morgan fingerprint density at radius 1 is 1.07 bits per heavy atom. The average molecular weight is 413 g/mol. The number of ether oxygens (including phenoxy) is 1. The van der Waals surface area contributed by atoms with Crippen molar-refractivity contribution in [1.82, 2.24) is 19.6 Å². The van der Waals surface area contributed by atoms with Gasteiger partial charge in [0.25, 0.3) is 0 Å². The number of rotatable bonds is 6. The van der Waals surface area contributed by atoms with E-state index >= 15 is 0 Å². The molecule has 0 saturated carbocycles. The molecule has 2 aromatic rings. The van der Waals surface area contributed by atoms with E-state index < -0.39 is 0 Å². The van der Waals surface area contributed by atoms with Crippen molar-refractivity contribution in [3.63, 3.8) is 0 Å². The van der Waals surface area contributed by atoms with Gasteiger partial charge in [-0.05, 0) is 39.8 Å². The summed E-state index contributed by atoms with van der Waals surface area (Å²) in [6.45, 7) is 12.4. The Kier molecular flexibility index (Phi) is 6.49. The Morgan fingerprint density at radius 2 is 1.80 bits per heavy atom. The topological polar surface area (TPSA) is 62.8 Å². The highest BCUT2D eigenvalue weighted by molar-refractivity contribution is 5.83. The van der Waals surface area contributed by atoms with E-state index in [-0.39, 0.29) is 0 Å². The maximum Gasteiger partial charge on any atom is 0.144 e. The number of hydrogen-bond donors (Lipinski definition) is 1. The Morgan fingerprint density at radius 3 is 2.43 bits per heavy atom.